The quantitative estimate of drug-likeness (QED) is 0.514. The van der Waals surface area contributed by atoms with Crippen LogP contribution in [-0.2, 0) is 6.42 Å². The highest BCUT2D eigenvalue weighted by Gasteiger charge is 2.27. The highest BCUT2D eigenvalue weighted by molar-refractivity contribution is 5.59. The number of benzene rings is 2. The summed E-state index contributed by atoms with van der Waals surface area (Å²) in [6.07, 6.45) is 3.05. The van der Waals surface area contributed by atoms with Crippen LogP contribution in [0, 0.1) is 34.6 Å². The molecule has 0 saturated carbocycles. The topological polar surface area (TPSA) is 54.5 Å². The molecule has 0 amide bonds. The normalized spacial score (nSPS) is 10.8. The minimum absolute atomic E-state index is 0.275. The lowest BCUT2D eigenvalue weighted by Crippen LogP contribution is -2.10. The second-order valence-corrected chi connectivity index (χ2v) is 5.59. The zero-order valence-electron chi connectivity index (χ0n) is 13.6. The van der Waals surface area contributed by atoms with Gasteiger partial charge in [0.1, 0.15) is 23.0 Å². The molecule has 4 nitrogen and oxygen atoms in total. The van der Waals surface area contributed by atoms with Crippen molar-refractivity contribution in [3.63, 3.8) is 0 Å². The van der Waals surface area contributed by atoms with E-state index in [1.165, 1.54) is 0 Å². The molecule has 2 aromatic carbocycles. The Labute approximate surface area is 146 Å². The first-order valence-corrected chi connectivity index (χ1v) is 7.76. The van der Waals surface area contributed by atoms with E-state index in [4.69, 9.17) is 5.26 Å². The van der Waals surface area contributed by atoms with Gasteiger partial charge in [0, 0.05) is 5.56 Å². The molecule has 1 aromatic heterocycles. The smallest absolute Gasteiger partial charge is 0.189 e. The van der Waals surface area contributed by atoms with Crippen molar-refractivity contribution in [2.75, 3.05) is 0 Å². The molecule has 3 rings (SSSR count). The molecule has 1 heterocycles. The van der Waals surface area contributed by atoms with Crippen molar-refractivity contribution in [3.05, 3.63) is 64.9 Å². The highest BCUT2D eigenvalue weighted by atomic mass is 19.2. The number of aromatic nitrogens is 3. The van der Waals surface area contributed by atoms with E-state index in [0.717, 1.165) is 30.7 Å². The Hall–Kier alpha value is -3.21. The molecule has 8 heteroatoms. The van der Waals surface area contributed by atoms with Gasteiger partial charge in [-0.2, -0.15) is 5.26 Å². The van der Waals surface area contributed by atoms with Crippen LogP contribution >= 0.6 is 0 Å². The van der Waals surface area contributed by atoms with E-state index < -0.39 is 34.5 Å². The number of hydrogen-bond acceptors (Lipinski definition) is 3. The first kappa shape index (κ1) is 17.6. The fourth-order valence-electron chi connectivity index (χ4n) is 2.56. The standard InChI is InChI=1S/C18H12F4N4/c1-2-3-10-4-6-11(7-5-10)13-9-26(25-24-13)18-16(21)14(19)12(8-23)15(20)17(18)22/h4-7,9H,2-3H2,1H3. The number of hydrogen-bond donors (Lipinski definition) is 0. The zero-order valence-corrected chi connectivity index (χ0v) is 13.6. The summed E-state index contributed by atoms with van der Waals surface area (Å²) in [5.41, 5.74) is -0.364. The first-order chi connectivity index (χ1) is 12.5. The van der Waals surface area contributed by atoms with Crippen molar-refractivity contribution >= 4 is 0 Å². The van der Waals surface area contributed by atoms with E-state index in [1.54, 1.807) is 12.1 Å². The second-order valence-electron chi connectivity index (χ2n) is 5.59. The molecule has 0 N–H and O–H groups in total. The fourth-order valence-corrected chi connectivity index (χ4v) is 2.56. The Kier molecular flexibility index (Phi) is 4.71. The average molecular weight is 360 g/mol. The van der Waals surface area contributed by atoms with Crippen molar-refractivity contribution in [1.82, 2.24) is 15.0 Å². The second kappa shape index (κ2) is 6.96. The molecule has 0 aliphatic carbocycles. The van der Waals surface area contributed by atoms with Gasteiger partial charge in [-0.25, -0.2) is 22.2 Å². The molecule has 0 spiro atoms. The Bertz CT molecular complexity index is 974. The van der Waals surface area contributed by atoms with Gasteiger partial charge < -0.3 is 0 Å². The van der Waals surface area contributed by atoms with Gasteiger partial charge in [-0.15, -0.1) is 5.10 Å². The predicted octanol–water partition coefficient (Wildman–Crippen LogP) is 4.31. The van der Waals surface area contributed by atoms with Crippen LogP contribution in [0.2, 0.25) is 0 Å². The van der Waals surface area contributed by atoms with Gasteiger partial charge in [-0.05, 0) is 12.0 Å². The van der Waals surface area contributed by atoms with E-state index in [2.05, 4.69) is 17.2 Å². The molecular formula is C18H12F4N4. The van der Waals surface area contributed by atoms with Gasteiger partial charge in [0.2, 0.25) is 0 Å². The summed E-state index contributed by atoms with van der Waals surface area (Å²) >= 11 is 0. The molecular weight excluding hydrogens is 348 g/mol. The van der Waals surface area contributed by atoms with Gasteiger partial charge in [-0.3, -0.25) is 0 Å². The van der Waals surface area contributed by atoms with Crippen molar-refractivity contribution in [2.45, 2.75) is 19.8 Å². The molecule has 0 unspecified atom stereocenters. The Balaban J connectivity index is 2.05. The minimum Gasteiger partial charge on any atom is -0.214 e. The van der Waals surface area contributed by atoms with E-state index in [9.17, 15) is 17.6 Å². The Morgan fingerprint density at radius 1 is 1.00 bits per heavy atom. The lowest BCUT2D eigenvalue weighted by Gasteiger charge is -2.07. The molecule has 26 heavy (non-hydrogen) atoms. The van der Waals surface area contributed by atoms with Crippen LogP contribution in [0.25, 0.3) is 16.9 Å². The van der Waals surface area contributed by atoms with E-state index in [1.807, 2.05) is 12.1 Å². The summed E-state index contributed by atoms with van der Waals surface area (Å²) < 4.78 is 56.4. The Morgan fingerprint density at radius 2 is 1.62 bits per heavy atom. The predicted molar refractivity (Wildman–Crippen MR) is 85.3 cm³/mol. The van der Waals surface area contributed by atoms with Crippen LogP contribution in [0.5, 0.6) is 0 Å². The van der Waals surface area contributed by atoms with Gasteiger partial charge in [0.15, 0.2) is 23.3 Å². The maximum Gasteiger partial charge on any atom is 0.189 e. The summed E-state index contributed by atoms with van der Waals surface area (Å²) in [7, 11) is 0. The molecule has 0 bridgehead atoms. The fraction of sp³-hybridized carbons (Fsp3) is 0.167. The molecule has 0 radical (unpaired) electrons. The lowest BCUT2D eigenvalue weighted by atomic mass is 10.1. The van der Waals surface area contributed by atoms with Gasteiger partial charge in [0.25, 0.3) is 0 Å². The first-order valence-electron chi connectivity index (χ1n) is 7.76. The molecule has 132 valence electrons. The Morgan fingerprint density at radius 3 is 2.15 bits per heavy atom. The third kappa shape index (κ3) is 2.92. The van der Waals surface area contributed by atoms with Crippen LogP contribution in [0.15, 0.2) is 30.5 Å². The van der Waals surface area contributed by atoms with E-state index >= 15 is 0 Å². The largest absolute Gasteiger partial charge is 0.214 e. The van der Waals surface area contributed by atoms with E-state index in [0.29, 0.717) is 10.2 Å². The SMILES string of the molecule is CCCc1ccc(-c2cn(-c3c(F)c(F)c(C#N)c(F)c3F)nn2)cc1. The number of rotatable bonds is 4. The monoisotopic (exact) mass is 360 g/mol. The summed E-state index contributed by atoms with van der Waals surface area (Å²) in [6, 6.07) is 8.41. The molecule has 0 aliphatic heterocycles. The van der Waals surface area contributed by atoms with Crippen LogP contribution in [0.4, 0.5) is 17.6 Å². The van der Waals surface area contributed by atoms with Crippen molar-refractivity contribution in [2.24, 2.45) is 0 Å². The van der Waals surface area contributed by atoms with Crippen LogP contribution in [0.1, 0.15) is 24.5 Å². The molecule has 3 aromatic rings. The van der Waals surface area contributed by atoms with Gasteiger partial charge in [0.05, 0.1) is 6.20 Å². The van der Waals surface area contributed by atoms with Gasteiger partial charge in [-0.1, -0.05) is 42.8 Å². The molecule has 0 atom stereocenters. The van der Waals surface area contributed by atoms with E-state index in [-0.39, 0.29) is 5.69 Å². The van der Waals surface area contributed by atoms with Crippen molar-refractivity contribution in [1.29, 1.82) is 5.26 Å². The number of nitriles is 1. The third-order valence-corrected chi connectivity index (χ3v) is 3.86. The molecule has 0 aliphatic rings. The lowest BCUT2D eigenvalue weighted by molar-refractivity contribution is 0.439. The van der Waals surface area contributed by atoms with Crippen molar-refractivity contribution < 1.29 is 17.6 Å². The maximum absolute atomic E-state index is 14.1. The summed E-state index contributed by atoms with van der Waals surface area (Å²) in [6.45, 7) is 2.05. The van der Waals surface area contributed by atoms with Crippen LogP contribution in [0.3, 0.4) is 0 Å². The van der Waals surface area contributed by atoms with Crippen molar-refractivity contribution in [3.8, 4) is 23.0 Å². The van der Waals surface area contributed by atoms with Crippen LogP contribution < -0.4 is 0 Å². The third-order valence-electron chi connectivity index (χ3n) is 3.86. The average Bonchev–Trinajstić information content (AvgIpc) is 3.11. The number of nitrogens with zero attached hydrogens (tertiary/aromatic N) is 4. The summed E-state index contributed by atoms with van der Waals surface area (Å²) in [4.78, 5) is 0. The molecule has 0 fully saturated rings. The zero-order chi connectivity index (χ0) is 18.8. The maximum atomic E-state index is 14.1. The minimum atomic E-state index is -1.78. The molecule has 0 saturated heterocycles. The number of aryl methyl sites for hydroxylation is 1. The van der Waals surface area contributed by atoms with Crippen LogP contribution in [-0.4, -0.2) is 15.0 Å². The summed E-state index contributed by atoms with van der Waals surface area (Å²) in [5, 5.41) is 16.0. The van der Waals surface area contributed by atoms with Gasteiger partial charge >= 0.3 is 0 Å². The number of halogens is 4. The highest BCUT2D eigenvalue weighted by Crippen LogP contribution is 2.27. The summed E-state index contributed by atoms with van der Waals surface area (Å²) in [5.74, 6) is -6.98.